The predicted octanol–water partition coefficient (Wildman–Crippen LogP) is 20.3. The van der Waals surface area contributed by atoms with Gasteiger partial charge >= 0.3 is 0 Å². The van der Waals surface area contributed by atoms with E-state index in [0.717, 1.165) is 22.7 Å². The van der Waals surface area contributed by atoms with Crippen LogP contribution in [-0.4, -0.2) is 4.57 Å². The van der Waals surface area contributed by atoms with E-state index in [9.17, 15) is 0 Å². The third kappa shape index (κ3) is 5.93. The highest BCUT2D eigenvalue weighted by molar-refractivity contribution is 6.32. The molecule has 0 unspecified atom stereocenters. The Morgan fingerprint density at radius 3 is 1.54 bits per heavy atom. The number of nitrogens with zero attached hydrogens (tertiary/aromatic N) is 2. The highest BCUT2D eigenvalue weighted by Crippen LogP contribution is 2.55. The molecule has 16 rings (SSSR count). The molecule has 0 saturated heterocycles. The fourth-order valence-electron chi connectivity index (χ4n) is 14.1. The third-order valence-corrected chi connectivity index (χ3v) is 17.7. The number of benzene rings is 13. The zero-order valence-electron chi connectivity index (χ0n) is 43.0. The molecule has 13 aromatic carbocycles. The molecule has 0 aliphatic heterocycles. The van der Waals surface area contributed by atoms with Crippen molar-refractivity contribution in [2.45, 2.75) is 38.5 Å². The first-order valence-electron chi connectivity index (χ1n) is 26.8. The molecule has 2 aliphatic carbocycles. The zero-order valence-corrected chi connectivity index (χ0v) is 43.0. The Morgan fingerprint density at radius 2 is 0.842 bits per heavy atom. The van der Waals surface area contributed by atoms with E-state index in [2.05, 4.69) is 280 Å². The van der Waals surface area contributed by atoms with Crippen molar-refractivity contribution in [2.75, 3.05) is 4.90 Å². The lowest BCUT2D eigenvalue weighted by atomic mass is 9.82. The molecule has 0 N–H and O–H groups in total. The van der Waals surface area contributed by atoms with Crippen molar-refractivity contribution in [3.63, 3.8) is 0 Å². The molecular weight excluding hydrogens is 917 g/mol. The molecule has 14 aromatic rings. The SMILES string of the molecule is CC1(C)c2ccccc2-c2ccc(N(c3ccc4c(c3)C(C)(C)c3ccccc3-4)c3ccc4ccc5c6c(ccc3c46)cc3c(-c4ccccc4)c(-c4ccccc4)n(-c4ccc6c(ccc7ccccc76)c4)c35)cc21. The van der Waals surface area contributed by atoms with Gasteiger partial charge in [0.15, 0.2) is 0 Å². The minimum absolute atomic E-state index is 0.159. The quantitative estimate of drug-likeness (QED) is 0.151. The second-order valence-corrected chi connectivity index (χ2v) is 22.4. The molecule has 0 spiro atoms. The lowest BCUT2D eigenvalue weighted by molar-refractivity contribution is 0.660. The van der Waals surface area contributed by atoms with Gasteiger partial charge in [-0.25, -0.2) is 0 Å². The van der Waals surface area contributed by atoms with Gasteiger partial charge in [-0.05, 0) is 147 Å². The van der Waals surface area contributed by atoms with E-state index < -0.39 is 0 Å². The molecule has 0 fully saturated rings. The lowest BCUT2D eigenvalue weighted by Crippen LogP contribution is -2.18. The minimum atomic E-state index is -0.159. The summed E-state index contributed by atoms with van der Waals surface area (Å²) >= 11 is 0. The highest BCUT2D eigenvalue weighted by atomic mass is 15.1. The largest absolute Gasteiger partial charge is 0.310 e. The molecule has 1 aromatic heterocycles. The van der Waals surface area contributed by atoms with Crippen LogP contribution in [0, 0.1) is 0 Å². The third-order valence-electron chi connectivity index (χ3n) is 17.7. The molecule has 0 radical (unpaired) electrons. The smallest absolute Gasteiger partial charge is 0.0620 e. The first kappa shape index (κ1) is 43.2. The van der Waals surface area contributed by atoms with Crippen LogP contribution in [-0.2, 0) is 10.8 Å². The lowest BCUT2D eigenvalue weighted by Gasteiger charge is -2.31. The molecule has 0 atom stereocenters. The van der Waals surface area contributed by atoms with Crippen molar-refractivity contribution < 1.29 is 0 Å². The topological polar surface area (TPSA) is 8.17 Å². The summed E-state index contributed by atoms with van der Waals surface area (Å²) in [5.74, 6) is 0. The van der Waals surface area contributed by atoms with Crippen LogP contribution in [0.3, 0.4) is 0 Å². The summed E-state index contributed by atoms with van der Waals surface area (Å²) in [5.41, 5.74) is 21.1. The Labute approximate surface area is 442 Å². The van der Waals surface area contributed by atoms with Crippen LogP contribution in [0.4, 0.5) is 17.1 Å². The van der Waals surface area contributed by atoms with Gasteiger partial charge in [-0.1, -0.05) is 222 Å². The van der Waals surface area contributed by atoms with Crippen LogP contribution in [0.5, 0.6) is 0 Å². The van der Waals surface area contributed by atoms with Gasteiger partial charge in [0.1, 0.15) is 0 Å². The Bertz CT molecular complexity index is 4640. The van der Waals surface area contributed by atoms with Crippen LogP contribution in [0.25, 0.3) is 115 Å². The summed E-state index contributed by atoms with van der Waals surface area (Å²) in [5, 5.41) is 13.7. The summed E-state index contributed by atoms with van der Waals surface area (Å²) in [6.07, 6.45) is 0. The number of rotatable bonds is 6. The molecule has 0 bridgehead atoms. The summed E-state index contributed by atoms with van der Waals surface area (Å²) in [7, 11) is 0. The average molecular weight is 969 g/mol. The molecular formula is C74H52N2. The maximum absolute atomic E-state index is 2.58. The van der Waals surface area contributed by atoms with Gasteiger partial charge < -0.3 is 9.47 Å². The van der Waals surface area contributed by atoms with Crippen molar-refractivity contribution in [1.29, 1.82) is 0 Å². The number of fused-ring (bicyclic) bond motifs is 11. The maximum Gasteiger partial charge on any atom is 0.0620 e. The Morgan fingerprint density at radius 1 is 0.329 bits per heavy atom. The van der Waals surface area contributed by atoms with E-state index in [1.165, 1.54) is 132 Å². The fourth-order valence-corrected chi connectivity index (χ4v) is 14.1. The van der Waals surface area contributed by atoms with Gasteiger partial charge in [0.25, 0.3) is 0 Å². The maximum atomic E-state index is 2.58. The van der Waals surface area contributed by atoms with Gasteiger partial charge in [0.05, 0.1) is 16.9 Å². The van der Waals surface area contributed by atoms with Gasteiger partial charge in [-0.2, -0.15) is 0 Å². The summed E-state index contributed by atoms with van der Waals surface area (Å²) in [6.45, 7) is 9.56. The van der Waals surface area contributed by atoms with Crippen molar-refractivity contribution in [2.24, 2.45) is 0 Å². The second-order valence-electron chi connectivity index (χ2n) is 22.4. The number of anilines is 3. The van der Waals surface area contributed by atoms with Crippen molar-refractivity contribution in [3.05, 3.63) is 265 Å². The van der Waals surface area contributed by atoms with E-state index >= 15 is 0 Å². The van der Waals surface area contributed by atoms with E-state index in [1.54, 1.807) is 0 Å². The first-order valence-corrected chi connectivity index (χ1v) is 26.8. The first-order chi connectivity index (χ1) is 37.2. The summed E-state index contributed by atoms with van der Waals surface area (Å²) in [4.78, 5) is 2.56. The van der Waals surface area contributed by atoms with Gasteiger partial charge in [-0.15, -0.1) is 0 Å². The molecule has 1 heterocycles. The number of hydrogen-bond acceptors (Lipinski definition) is 1. The van der Waals surface area contributed by atoms with Crippen LogP contribution in [0.1, 0.15) is 49.9 Å². The van der Waals surface area contributed by atoms with Crippen molar-refractivity contribution in [3.8, 4) is 50.3 Å². The fraction of sp³-hybridized carbons (Fsp3) is 0.0811. The van der Waals surface area contributed by atoms with Crippen LogP contribution in [0.15, 0.2) is 243 Å². The second kappa shape index (κ2) is 15.6. The number of hydrogen-bond donors (Lipinski definition) is 0. The normalized spacial score (nSPS) is 14.0. The molecule has 76 heavy (non-hydrogen) atoms. The van der Waals surface area contributed by atoms with Crippen molar-refractivity contribution in [1.82, 2.24) is 4.57 Å². The standard InChI is InChI=1S/C74H52N2/c1-73(2)63-25-15-13-23-56(63)58-38-33-52(43-65(58)73)75(53-34-39-59-57-24-14-16-26-64(57)74(3,4)66(59)44-53)67-40-31-47-29-36-61-69-50(30-35-60(67)68(47)69)42-62-70(46-18-7-5-8-19-46)71(48-20-9-6-10-21-48)76(72(61)62)51-32-37-55-49(41-51)28-27-45-17-11-12-22-54(45)55/h5-44H,1-4H3. The van der Waals surface area contributed by atoms with Gasteiger partial charge in [0, 0.05) is 49.6 Å². The summed E-state index contributed by atoms with van der Waals surface area (Å²) in [6, 6.07) is 91.7. The average Bonchev–Trinajstić information content (AvgIpc) is 4.04. The molecule has 0 saturated carbocycles. The van der Waals surface area contributed by atoms with E-state index in [-0.39, 0.29) is 10.8 Å². The van der Waals surface area contributed by atoms with Crippen molar-refractivity contribution >= 4 is 81.8 Å². The highest BCUT2D eigenvalue weighted by Gasteiger charge is 2.38. The number of aromatic nitrogens is 1. The van der Waals surface area contributed by atoms with Crippen LogP contribution < -0.4 is 4.90 Å². The van der Waals surface area contributed by atoms with Crippen LogP contribution >= 0.6 is 0 Å². The van der Waals surface area contributed by atoms with E-state index in [0.29, 0.717) is 0 Å². The molecule has 2 nitrogen and oxygen atoms in total. The minimum Gasteiger partial charge on any atom is -0.310 e. The van der Waals surface area contributed by atoms with Gasteiger partial charge in [-0.3, -0.25) is 0 Å². The summed E-state index contributed by atoms with van der Waals surface area (Å²) < 4.78 is 2.58. The monoisotopic (exact) mass is 968 g/mol. The predicted molar refractivity (Wildman–Crippen MR) is 323 cm³/mol. The zero-order chi connectivity index (χ0) is 50.6. The molecule has 0 amide bonds. The Hall–Kier alpha value is -9.24. The molecule has 358 valence electrons. The molecule has 2 heteroatoms. The van der Waals surface area contributed by atoms with E-state index in [1.807, 2.05) is 0 Å². The van der Waals surface area contributed by atoms with Crippen LogP contribution in [0.2, 0.25) is 0 Å². The molecule has 2 aliphatic rings. The van der Waals surface area contributed by atoms with Gasteiger partial charge in [0.2, 0.25) is 0 Å². The Balaban J connectivity index is 0.990. The Kier molecular flexibility index (Phi) is 8.89. The van der Waals surface area contributed by atoms with E-state index in [4.69, 9.17) is 0 Å².